The fourth-order valence-electron chi connectivity index (χ4n) is 3.31. The Morgan fingerprint density at radius 1 is 1.06 bits per heavy atom. The molecular weight excluding hydrogens is 407 g/mol. The van der Waals surface area contributed by atoms with Gasteiger partial charge in [-0.1, -0.05) is 30.3 Å². The summed E-state index contributed by atoms with van der Waals surface area (Å²) >= 11 is 0. The molecule has 0 saturated carbocycles. The highest BCUT2D eigenvalue weighted by molar-refractivity contribution is 5.80. The number of piperazine rings is 1. The van der Waals surface area contributed by atoms with Crippen molar-refractivity contribution >= 4 is 11.8 Å². The Kier molecular flexibility index (Phi) is 8.11. The summed E-state index contributed by atoms with van der Waals surface area (Å²) in [7, 11) is 0. The van der Waals surface area contributed by atoms with E-state index < -0.39 is 12.8 Å². The van der Waals surface area contributed by atoms with Gasteiger partial charge in [0.05, 0.1) is 13.2 Å². The smallest absolute Gasteiger partial charge is 0.367 e. The highest BCUT2D eigenvalue weighted by atomic mass is 19.4. The van der Waals surface area contributed by atoms with Gasteiger partial charge in [-0.25, -0.2) is 9.98 Å². The average molecular weight is 435 g/mol. The van der Waals surface area contributed by atoms with Crippen LogP contribution in [0, 0.1) is 0 Å². The molecule has 0 amide bonds. The van der Waals surface area contributed by atoms with Crippen LogP contribution in [0.15, 0.2) is 53.7 Å². The summed E-state index contributed by atoms with van der Waals surface area (Å²) in [4.78, 5) is 13.7. The number of anilines is 1. The molecule has 1 fully saturated rings. The van der Waals surface area contributed by atoms with Crippen molar-refractivity contribution in [3.63, 3.8) is 0 Å². The zero-order chi connectivity index (χ0) is 22.1. The van der Waals surface area contributed by atoms with E-state index in [0.717, 1.165) is 50.1 Å². The SMILES string of the molecule is CCNC(=NCc1ccc(COCC(F)(F)F)cc1)N1CCN(c2ccccn2)CC1. The number of pyridine rings is 1. The average Bonchev–Trinajstić information content (AvgIpc) is 2.77. The van der Waals surface area contributed by atoms with Crippen LogP contribution in [0.4, 0.5) is 19.0 Å². The molecule has 168 valence electrons. The normalized spacial score (nSPS) is 15.3. The van der Waals surface area contributed by atoms with Crippen LogP contribution in [0.2, 0.25) is 0 Å². The van der Waals surface area contributed by atoms with Crippen LogP contribution in [0.3, 0.4) is 0 Å². The third-order valence-corrected chi connectivity index (χ3v) is 4.86. The lowest BCUT2D eigenvalue weighted by molar-refractivity contribution is -0.176. The van der Waals surface area contributed by atoms with Gasteiger partial charge in [0, 0.05) is 38.9 Å². The molecule has 0 unspecified atom stereocenters. The van der Waals surface area contributed by atoms with Crippen LogP contribution < -0.4 is 10.2 Å². The van der Waals surface area contributed by atoms with Gasteiger partial charge in [-0.15, -0.1) is 0 Å². The number of halogens is 3. The Hall–Kier alpha value is -2.81. The molecule has 1 aromatic carbocycles. The fraction of sp³-hybridized carbons (Fsp3) is 0.455. The number of ether oxygens (including phenoxy) is 1. The van der Waals surface area contributed by atoms with Gasteiger partial charge in [0.25, 0.3) is 0 Å². The van der Waals surface area contributed by atoms with Crippen LogP contribution in [0.25, 0.3) is 0 Å². The maximum Gasteiger partial charge on any atom is 0.411 e. The number of aliphatic imine (C=N–C) groups is 1. The summed E-state index contributed by atoms with van der Waals surface area (Å²) in [6, 6.07) is 13.2. The van der Waals surface area contributed by atoms with Gasteiger partial charge in [-0.3, -0.25) is 0 Å². The second kappa shape index (κ2) is 11.0. The molecule has 1 N–H and O–H groups in total. The van der Waals surface area contributed by atoms with Gasteiger partial charge < -0.3 is 19.9 Å². The zero-order valence-electron chi connectivity index (χ0n) is 17.6. The van der Waals surface area contributed by atoms with E-state index in [1.165, 1.54) is 0 Å². The van der Waals surface area contributed by atoms with Crippen molar-refractivity contribution in [2.24, 2.45) is 4.99 Å². The number of rotatable bonds is 7. The van der Waals surface area contributed by atoms with E-state index in [2.05, 4.69) is 20.1 Å². The molecule has 0 spiro atoms. The Labute approximate surface area is 180 Å². The molecule has 0 aliphatic carbocycles. The van der Waals surface area contributed by atoms with E-state index in [1.807, 2.05) is 37.3 Å². The van der Waals surface area contributed by atoms with E-state index in [0.29, 0.717) is 12.1 Å². The van der Waals surface area contributed by atoms with Gasteiger partial charge in [0.2, 0.25) is 0 Å². The van der Waals surface area contributed by atoms with Gasteiger partial charge in [-0.05, 0) is 30.2 Å². The number of nitrogens with one attached hydrogen (secondary N) is 1. The largest absolute Gasteiger partial charge is 0.411 e. The molecule has 3 rings (SSSR count). The van der Waals surface area contributed by atoms with Crippen molar-refractivity contribution in [1.82, 2.24) is 15.2 Å². The van der Waals surface area contributed by atoms with E-state index in [4.69, 9.17) is 9.73 Å². The summed E-state index contributed by atoms with van der Waals surface area (Å²) in [5.74, 6) is 1.85. The number of hydrogen-bond donors (Lipinski definition) is 1. The number of alkyl halides is 3. The molecule has 1 aromatic heterocycles. The van der Waals surface area contributed by atoms with E-state index in [1.54, 1.807) is 18.3 Å². The monoisotopic (exact) mass is 435 g/mol. The second-order valence-corrected chi connectivity index (χ2v) is 7.26. The fourth-order valence-corrected chi connectivity index (χ4v) is 3.31. The summed E-state index contributed by atoms with van der Waals surface area (Å²) < 4.78 is 41.2. The van der Waals surface area contributed by atoms with Crippen molar-refractivity contribution in [3.8, 4) is 0 Å². The van der Waals surface area contributed by atoms with Crippen LogP contribution in [-0.2, 0) is 17.9 Å². The van der Waals surface area contributed by atoms with Crippen LogP contribution >= 0.6 is 0 Å². The molecule has 0 bridgehead atoms. The number of benzene rings is 1. The quantitative estimate of drug-likeness (QED) is 0.533. The standard InChI is InChI=1S/C22H28F3N5O/c1-2-26-21(30-13-11-29(12-14-30)20-5-3-4-10-27-20)28-15-18-6-8-19(9-7-18)16-31-17-22(23,24)25/h3-10H,2,11-17H2,1H3,(H,26,28). The van der Waals surface area contributed by atoms with E-state index >= 15 is 0 Å². The van der Waals surface area contributed by atoms with Crippen molar-refractivity contribution in [2.45, 2.75) is 26.3 Å². The van der Waals surface area contributed by atoms with Crippen LogP contribution in [0.1, 0.15) is 18.1 Å². The first kappa shape index (κ1) is 22.9. The minimum Gasteiger partial charge on any atom is -0.367 e. The summed E-state index contributed by atoms with van der Waals surface area (Å²) in [6.07, 6.45) is -2.50. The number of guanidine groups is 1. The number of nitrogens with zero attached hydrogens (tertiary/aromatic N) is 4. The Balaban J connectivity index is 1.52. The molecule has 0 radical (unpaired) electrons. The van der Waals surface area contributed by atoms with Gasteiger partial charge >= 0.3 is 6.18 Å². The van der Waals surface area contributed by atoms with Crippen molar-refractivity contribution in [1.29, 1.82) is 0 Å². The maximum absolute atomic E-state index is 12.2. The molecule has 2 aromatic rings. The van der Waals surface area contributed by atoms with Gasteiger partial charge in [0.15, 0.2) is 5.96 Å². The van der Waals surface area contributed by atoms with Crippen molar-refractivity contribution < 1.29 is 17.9 Å². The molecule has 6 nitrogen and oxygen atoms in total. The summed E-state index contributed by atoms with van der Waals surface area (Å²) in [5, 5.41) is 3.35. The summed E-state index contributed by atoms with van der Waals surface area (Å²) in [6.45, 7) is 5.43. The third-order valence-electron chi connectivity index (χ3n) is 4.86. The lowest BCUT2D eigenvalue weighted by atomic mass is 10.1. The maximum atomic E-state index is 12.2. The Morgan fingerprint density at radius 3 is 2.39 bits per heavy atom. The molecular formula is C22H28F3N5O. The Bertz CT molecular complexity index is 819. The first-order chi connectivity index (χ1) is 14.9. The Morgan fingerprint density at radius 2 is 1.77 bits per heavy atom. The van der Waals surface area contributed by atoms with Gasteiger partial charge in [-0.2, -0.15) is 13.2 Å². The van der Waals surface area contributed by atoms with Gasteiger partial charge in [0.1, 0.15) is 12.4 Å². The van der Waals surface area contributed by atoms with E-state index in [-0.39, 0.29) is 6.61 Å². The molecule has 1 saturated heterocycles. The minimum absolute atomic E-state index is 0.0632. The number of aromatic nitrogens is 1. The predicted molar refractivity (Wildman–Crippen MR) is 115 cm³/mol. The first-order valence-corrected chi connectivity index (χ1v) is 10.4. The molecule has 9 heteroatoms. The summed E-state index contributed by atoms with van der Waals surface area (Å²) in [5.41, 5.74) is 1.69. The lowest BCUT2D eigenvalue weighted by Gasteiger charge is -2.37. The molecule has 2 heterocycles. The molecule has 0 atom stereocenters. The van der Waals surface area contributed by atoms with Crippen molar-refractivity contribution in [3.05, 3.63) is 59.8 Å². The lowest BCUT2D eigenvalue weighted by Crippen LogP contribution is -2.52. The van der Waals surface area contributed by atoms with Crippen LogP contribution in [0.5, 0.6) is 0 Å². The molecule has 31 heavy (non-hydrogen) atoms. The third kappa shape index (κ3) is 7.43. The first-order valence-electron chi connectivity index (χ1n) is 10.4. The predicted octanol–water partition coefficient (Wildman–Crippen LogP) is 3.45. The minimum atomic E-state index is -4.31. The topological polar surface area (TPSA) is 53.0 Å². The number of hydrogen-bond acceptors (Lipinski definition) is 4. The highest BCUT2D eigenvalue weighted by Gasteiger charge is 2.27. The molecule has 1 aliphatic heterocycles. The molecule has 1 aliphatic rings. The second-order valence-electron chi connectivity index (χ2n) is 7.26. The van der Waals surface area contributed by atoms with Crippen molar-refractivity contribution in [2.75, 3.05) is 44.2 Å². The van der Waals surface area contributed by atoms with E-state index in [9.17, 15) is 13.2 Å². The highest BCUT2D eigenvalue weighted by Crippen LogP contribution is 2.16. The van der Waals surface area contributed by atoms with Crippen LogP contribution in [-0.4, -0.2) is 61.4 Å². The zero-order valence-corrected chi connectivity index (χ0v) is 17.6.